The molecular formula is C19H20O4. The maximum atomic E-state index is 11.1. The van der Waals surface area contributed by atoms with E-state index in [1.165, 1.54) is 0 Å². The number of benzene rings is 2. The molecule has 0 radical (unpaired) electrons. The van der Waals surface area contributed by atoms with Crippen LogP contribution in [-0.2, 0) is 6.42 Å². The van der Waals surface area contributed by atoms with E-state index in [0.717, 1.165) is 24.0 Å². The number of hydrogen-bond acceptors (Lipinski definition) is 4. The Balaban J connectivity index is 1.96. The van der Waals surface area contributed by atoms with Crippen molar-refractivity contribution in [2.45, 2.75) is 6.42 Å². The van der Waals surface area contributed by atoms with Crippen LogP contribution in [0.25, 0.3) is 0 Å². The molecule has 120 valence electrons. The molecule has 0 aliphatic heterocycles. The molecule has 0 unspecified atom stereocenters. The van der Waals surface area contributed by atoms with Crippen LogP contribution >= 0.6 is 0 Å². The van der Waals surface area contributed by atoms with Gasteiger partial charge in [0.15, 0.2) is 17.8 Å². The van der Waals surface area contributed by atoms with Crippen LogP contribution in [0.1, 0.15) is 15.9 Å². The molecule has 0 saturated heterocycles. The molecule has 2 aromatic carbocycles. The van der Waals surface area contributed by atoms with E-state index < -0.39 is 0 Å². The average molecular weight is 312 g/mol. The predicted octanol–water partition coefficient (Wildman–Crippen LogP) is 3.69. The summed E-state index contributed by atoms with van der Waals surface area (Å²) in [4.78, 5) is 11.1. The van der Waals surface area contributed by atoms with E-state index in [1.807, 2.05) is 30.3 Å². The molecule has 2 aromatic rings. The molecule has 23 heavy (non-hydrogen) atoms. The van der Waals surface area contributed by atoms with Gasteiger partial charge in [0.25, 0.3) is 0 Å². The summed E-state index contributed by atoms with van der Waals surface area (Å²) in [5.74, 6) is 1.78. The molecule has 0 spiro atoms. The SMILES string of the molecule is C=CCc1ccccc1OCCOc1c(C=O)cccc1OC. The minimum atomic E-state index is 0.309. The Morgan fingerprint density at radius 1 is 1.00 bits per heavy atom. The Bertz CT molecular complexity index is 664. The molecule has 0 N–H and O–H groups in total. The quantitative estimate of drug-likeness (QED) is 0.402. The molecule has 0 fully saturated rings. The van der Waals surface area contributed by atoms with Crippen LogP contribution in [0.2, 0.25) is 0 Å². The lowest BCUT2D eigenvalue weighted by atomic mass is 10.1. The molecule has 0 amide bonds. The predicted molar refractivity (Wildman–Crippen MR) is 89.7 cm³/mol. The van der Waals surface area contributed by atoms with Crippen LogP contribution in [0, 0.1) is 0 Å². The first-order valence-electron chi connectivity index (χ1n) is 7.36. The second-order valence-electron chi connectivity index (χ2n) is 4.79. The molecule has 0 aromatic heterocycles. The number of ether oxygens (including phenoxy) is 3. The molecule has 0 aliphatic rings. The first-order valence-corrected chi connectivity index (χ1v) is 7.36. The van der Waals surface area contributed by atoms with Crippen molar-refractivity contribution < 1.29 is 19.0 Å². The summed E-state index contributed by atoms with van der Waals surface area (Å²) in [7, 11) is 1.54. The zero-order valence-corrected chi connectivity index (χ0v) is 13.2. The highest BCUT2D eigenvalue weighted by molar-refractivity contribution is 5.81. The van der Waals surface area contributed by atoms with Gasteiger partial charge in [0, 0.05) is 0 Å². The van der Waals surface area contributed by atoms with Crippen molar-refractivity contribution in [1.82, 2.24) is 0 Å². The molecule has 0 aliphatic carbocycles. The lowest BCUT2D eigenvalue weighted by Crippen LogP contribution is -2.11. The van der Waals surface area contributed by atoms with E-state index in [1.54, 1.807) is 25.3 Å². The summed E-state index contributed by atoms with van der Waals surface area (Å²) in [6, 6.07) is 13.0. The molecule has 0 heterocycles. The fraction of sp³-hybridized carbons (Fsp3) is 0.211. The van der Waals surface area contributed by atoms with Crippen LogP contribution in [0.15, 0.2) is 55.1 Å². The van der Waals surface area contributed by atoms with E-state index >= 15 is 0 Å². The molecular weight excluding hydrogens is 292 g/mol. The van der Waals surface area contributed by atoms with Gasteiger partial charge in [-0.25, -0.2) is 0 Å². The van der Waals surface area contributed by atoms with Crippen molar-refractivity contribution in [2.24, 2.45) is 0 Å². The fourth-order valence-electron chi connectivity index (χ4n) is 2.20. The standard InChI is InChI=1S/C19H20O4/c1-3-7-15-8-4-5-10-17(15)22-12-13-23-19-16(14-20)9-6-11-18(19)21-2/h3-6,8-11,14H,1,7,12-13H2,2H3. The van der Waals surface area contributed by atoms with Gasteiger partial charge < -0.3 is 14.2 Å². The Morgan fingerprint density at radius 3 is 2.48 bits per heavy atom. The number of aldehydes is 1. The maximum absolute atomic E-state index is 11.1. The second kappa shape index (κ2) is 8.63. The Kier molecular flexibility index (Phi) is 6.24. The van der Waals surface area contributed by atoms with Gasteiger partial charge in [-0.15, -0.1) is 6.58 Å². The van der Waals surface area contributed by atoms with Crippen molar-refractivity contribution in [2.75, 3.05) is 20.3 Å². The van der Waals surface area contributed by atoms with Gasteiger partial charge in [-0.05, 0) is 30.2 Å². The Labute approximate surface area is 136 Å². The third-order valence-electron chi connectivity index (χ3n) is 3.28. The van der Waals surface area contributed by atoms with E-state index in [4.69, 9.17) is 14.2 Å². The number of para-hydroxylation sites is 2. The Hall–Kier alpha value is -2.75. The zero-order chi connectivity index (χ0) is 16.5. The lowest BCUT2D eigenvalue weighted by Gasteiger charge is -2.14. The maximum Gasteiger partial charge on any atom is 0.171 e. The van der Waals surface area contributed by atoms with Gasteiger partial charge in [-0.3, -0.25) is 4.79 Å². The summed E-state index contributed by atoms with van der Waals surface area (Å²) in [5, 5.41) is 0. The van der Waals surface area contributed by atoms with Crippen molar-refractivity contribution in [1.29, 1.82) is 0 Å². The number of allylic oxidation sites excluding steroid dienone is 1. The molecule has 0 bridgehead atoms. The number of carbonyl (C=O) groups is 1. The molecule has 0 saturated carbocycles. The highest BCUT2D eigenvalue weighted by Gasteiger charge is 2.10. The van der Waals surface area contributed by atoms with E-state index in [0.29, 0.717) is 30.3 Å². The van der Waals surface area contributed by atoms with Gasteiger partial charge in [0.05, 0.1) is 12.7 Å². The van der Waals surface area contributed by atoms with Crippen molar-refractivity contribution in [3.8, 4) is 17.2 Å². The highest BCUT2D eigenvalue weighted by atomic mass is 16.5. The average Bonchev–Trinajstić information content (AvgIpc) is 2.60. The zero-order valence-electron chi connectivity index (χ0n) is 13.2. The first-order chi connectivity index (χ1) is 11.3. The fourth-order valence-corrected chi connectivity index (χ4v) is 2.20. The van der Waals surface area contributed by atoms with Crippen LogP contribution in [0.3, 0.4) is 0 Å². The first kappa shape index (κ1) is 16.6. The summed E-state index contributed by atoms with van der Waals surface area (Å²) in [6.07, 6.45) is 3.33. The number of hydrogen-bond donors (Lipinski definition) is 0. The van der Waals surface area contributed by atoms with Crippen LogP contribution in [0.4, 0.5) is 0 Å². The number of rotatable bonds is 9. The third kappa shape index (κ3) is 4.36. The summed E-state index contributed by atoms with van der Waals surface area (Å²) in [5.41, 5.74) is 1.53. The second-order valence-corrected chi connectivity index (χ2v) is 4.79. The minimum absolute atomic E-state index is 0.309. The third-order valence-corrected chi connectivity index (χ3v) is 3.28. The summed E-state index contributed by atoms with van der Waals surface area (Å²) < 4.78 is 16.6. The van der Waals surface area contributed by atoms with Gasteiger partial charge in [-0.2, -0.15) is 0 Å². The molecule has 0 atom stereocenters. The minimum Gasteiger partial charge on any atom is -0.493 e. The lowest BCUT2D eigenvalue weighted by molar-refractivity contribution is 0.111. The highest BCUT2D eigenvalue weighted by Crippen LogP contribution is 2.30. The largest absolute Gasteiger partial charge is 0.493 e. The van der Waals surface area contributed by atoms with Crippen molar-refractivity contribution >= 4 is 6.29 Å². The van der Waals surface area contributed by atoms with E-state index in [2.05, 4.69) is 6.58 Å². The monoisotopic (exact) mass is 312 g/mol. The van der Waals surface area contributed by atoms with Gasteiger partial charge in [0.2, 0.25) is 0 Å². The van der Waals surface area contributed by atoms with Crippen LogP contribution < -0.4 is 14.2 Å². The van der Waals surface area contributed by atoms with Gasteiger partial charge in [-0.1, -0.05) is 30.3 Å². The number of methoxy groups -OCH3 is 1. The smallest absolute Gasteiger partial charge is 0.171 e. The summed E-state index contributed by atoms with van der Waals surface area (Å²) in [6.45, 7) is 4.42. The van der Waals surface area contributed by atoms with Crippen LogP contribution in [-0.4, -0.2) is 26.6 Å². The normalized spacial score (nSPS) is 9.96. The molecule has 2 rings (SSSR count). The summed E-state index contributed by atoms with van der Waals surface area (Å²) >= 11 is 0. The molecule has 4 nitrogen and oxygen atoms in total. The number of carbonyl (C=O) groups excluding carboxylic acids is 1. The van der Waals surface area contributed by atoms with Crippen LogP contribution in [0.5, 0.6) is 17.2 Å². The topological polar surface area (TPSA) is 44.8 Å². The van der Waals surface area contributed by atoms with Crippen molar-refractivity contribution in [3.05, 3.63) is 66.2 Å². The van der Waals surface area contributed by atoms with E-state index in [-0.39, 0.29) is 0 Å². The Morgan fingerprint density at radius 2 is 1.74 bits per heavy atom. The molecule has 4 heteroatoms. The van der Waals surface area contributed by atoms with Gasteiger partial charge in [0.1, 0.15) is 19.0 Å². The van der Waals surface area contributed by atoms with E-state index in [9.17, 15) is 4.79 Å². The van der Waals surface area contributed by atoms with Gasteiger partial charge >= 0.3 is 0 Å². The van der Waals surface area contributed by atoms with Crippen molar-refractivity contribution in [3.63, 3.8) is 0 Å².